The van der Waals surface area contributed by atoms with Crippen molar-refractivity contribution in [1.29, 1.82) is 0 Å². The SMILES string of the molecule is Cc1ccccc1N(C)C(=O)N(C)Cc1ccccc1. The number of carbonyl (C=O) groups is 1. The smallest absolute Gasteiger partial charge is 0.323 e. The van der Waals surface area contributed by atoms with Crippen LogP contribution in [0.5, 0.6) is 0 Å². The van der Waals surface area contributed by atoms with E-state index in [1.165, 1.54) is 0 Å². The molecule has 0 fully saturated rings. The number of para-hydroxylation sites is 1. The molecular formula is C17H20N2O. The van der Waals surface area contributed by atoms with Crippen molar-refractivity contribution in [3.8, 4) is 0 Å². The number of amides is 2. The zero-order valence-corrected chi connectivity index (χ0v) is 12.2. The van der Waals surface area contributed by atoms with Crippen LogP contribution in [0.4, 0.5) is 10.5 Å². The van der Waals surface area contributed by atoms with Crippen LogP contribution in [-0.4, -0.2) is 25.0 Å². The Morgan fingerprint density at radius 3 is 2.20 bits per heavy atom. The summed E-state index contributed by atoms with van der Waals surface area (Å²) in [6.45, 7) is 2.62. The van der Waals surface area contributed by atoms with Crippen LogP contribution in [0.1, 0.15) is 11.1 Å². The van der Waals surface area contributed by atoms with Gasteiger partial charge in [-0.15, -0.1) is 0 Å². The lowest BCUT2D eigenvalue weighted by atomic mass is 10.2. The second-order valence-corrected chi connectivity index (χ2v) is 4.97. The number of aryl methyl sites for hydroxylation is 1. The molecule has 0 radical (unpaired) electrons. The highest BCUT2D eigenvalue weighted by Gasteiger charge is 2.16. The lowest BCUT2D eigenvalue weighted by Gasteiger charge is -2.26. The van der Waals surface area contributed by atoms with Gasteiger partial charge in [0.25, 0.3) is 0 Å². The number of hydrogen-bond donors (Lipinski definition) is 0. The van der Waals surface area contributed by atoms with Crippen LogP contribution in [0.25, 0.3) is 0 Å². The predicted molar refractivity (Wildman–Crippen MR) is 82.9 cm³/mol. The first-order chi connectivity index (χ1) is 9.59. The highest BCUT2D eigenvalue weighted by Crippen LogP contribution is 2.19. The molecule has 0 aliphatic rings. The van der Waals surface area contributed by atoms with E-state index in [4.69, 9.17) is 0 Å². The third-order valence-corrected chi connectivity index (χ3v) is 3.35. The molecule has 0 spiro atoms. The summed E-state index contributed by atoms with van der Waals surface area (Å²) in [5, 5.41) is 0. The Morgan fingerprint density at radius 1 is 0.950 bits per heavy atom. The molecule has 104 valence electrons. The first kappa shape index (κ1) is 14.1. The highest BCUT2D eigenvalue weighted by atomic mass is 16.2. The van der Waals surface area contributed by atoms with Crippen molar-refractivity contribution < 1.29 is 4.79 Å². The molecule has 20 heavy (non-hydrogen) atoms. The standard InChI is InChI=1S/C17H20N2O/c1-14-9-7-8-12-16(14)19(3)17(20)18(2)13-15-10-5-4-6-11-15/h4-12H,13H2,1-3H3. The first-order valence-electron chi connectivity index (χ1n) is 6.68. The van der Waals surface area contributed by atoms with Gasteiger partial charge in [0.05, 0.1) is 0 Å². The largest absolute Gasteiger partial charge is 0.324 e. The van der Waals surface area contributed by atoms with Gasteiger partial charge in [-0.05, 0) is 24.1 Å². The molecule has 2 rings (SSSR count). The van der Waals surface area contributed by atoms with E-state index in [0.717, 1.165) is 16.8 Å². The molecule has 0 heterocycles. The third-order valence-electron chi connectivity index (χ3n) is 3.35. The molecule has 0 atom stereocenters. The summed E-state index contributed by atoms with van der Waals surface area (Å²) in [7, 11) is 3.64. The summed E-state index contributed by atoms with van der Waals surface area (Å²) >= 11 is 0. The zero-order chi connectivity index (χ0) is 14.5. The van der Waals surface area contributed by atoms with E-state index >= 15 is 0 Å². The number of hydrogen-bond acceptors (Lipinski definition) is 1. The van der Waals surface area contributed by atoms with Gasteiger partial charge in [-0.1, -0.05) is 48.5 Å². The van der Waals surface area contributed by atoms with E-state index in [2.05, 4.69) is 0 Å². The van der Waals surface area contributed by atoms with Crippen molar-refractivity contribution >= 4 is 11.7 Å². The van der Waals surface area contributed by atoms with E-state index in [9.17, 15) is 4.79 Å². The molecule has 3 heteroatoms. The van der Waals surface area contributed by atoms with Crippen molar-refractivity contribution in [2.24, 2.45) is 0 Å². The summed E-state index contributed by atoms with van der Waals surface area (Å²) < 4.78 is 0. The number of benzene rings is 2. The Balaban J connectivity index is 2.09. The van der Waals surface area contributed by atoms with Crippen molar-refractivity contribution in [2.45, 2.75) is 13.5 Å². The Kier molecular flexibility index (Phi) is 4.41. The van der Waals surface area contributed by atoms with Crippen LogP contribution >= 0.6 is 0 Å². The van der Waals surface area contributed by atoms with Gasteiger partial charge in [-0.2, -0.15) is 0 Å². The van der Waals surface area contributed by atoms with Gasteiger partial charge in [-0.25, -0.2) is 4.79 Å². The van der Waals surface area contributed by atoms with Crippen LogP contribution in [0.3, 0.4) is 0 Å². The molecule has 0 bridgehead atoms. The zero-order valence-electron chi connectivity index (χ0n) is 12.2. The molecule has 0 saturated heterocycles. The van der Waals surface area contributed by atoms with Crippen molar-refractivity contribution in [2.75, 3.05) is 19.0 Å². The van der Waals surface area contributed by atoms with E-state index in [-0.39, 0.29) is 6.03 Å². The van der Waals surface area contributed by atoms with Crippen molar-refractivity contribution in [1.82, 2.24) is 4.90 Å². The molecule has 0 aromatic heterocycles. The molecule has 2 aromatic rings. The maximum atomic E-state index is 12.5. The monoisotopic (exact) mass is 268 g/mol. The molecule has 2 amide bonds. The van der Waals surface area contributed by atoms with Gasteiger partial charge in [0.1, 0.15) is 0 Å². The fourth-order valence-electron chi connectivity index (χ4n) is 2.22. The molecule has 0 N–H and O–H groups in total. The highest BCUT2D eigenvalue weighted by molar-refractivity contribution is 5.92. The second kappa shape index (κ2) is 6.24. The van der Waals surface area contributed by atoms with Crippen molar-refractivity contribution in [3.05, 3.63) is 65.7 Å². The number of urea groups is 1. The van der Waals surface area contributed by atoms with Gasteiger partial charge in [0, 0.05) is 26.3 Å². The fourth-order valence-corrected chi connectivity index (χ4v) is 2.22. The molecule has 0 unspecified atom stereocenters. The summed E-state index contributed by atoms with van der Waals surface area (Å²) in [4.78, 5) is 15.9. The minimum Gasteiger partial charge on any atom is -0.323 e. The Morgan fingerprint density at radius 2 is 1.55 bits per heavy atom. The van der Waals surface area contributed by atoms with Crippen LogP contribution in [0.15, 0.2) is 54.6 Å². The van der Waals surface area contributed by atoms with E-state index < -0.39 is 0 Å². The number of anilines is 1. The lowest BCUT2D eigenvalue weighted by molar-refractivity contribution is 0.215. The molecular weight excluding hydrogens is 248 g/mol. The summed E-state index contributed by atoms with van der Waals surface area (Å²) in [6.07, 6.45) is 0. The first-order valence-corrected chi connectivity index (χ1v) is 6.68. The Bertz CT molecular complexity index is 581. The van der Waals surface area contributed by atoms with Crippen LogP contribution < -0.4 is 4.90 Å². The van der Waals surface area contributed by atoms with Gasteiger partial charge in [0.15, 0.2) is 0 Å². The topological polar surface area (TPSA) is 23.6 Å². The summed E-state index contributed by atoms with van der Waals surface area (Å²) in [6, 6.07) is 17.9. The maximum Gasteiger partial charge on any atom is 0.324 e. The minimum atomic E-state index is -0.0110. The molecule has 0 aliphatic carbocycles. The fraction of sp³-hybridized carbons (Fsp3) is 0.235. The third kappa shape index (κ3) is 3.18. The number of rotatable bonds is 3. The lowest BCUT2D eigenvalue weighted by Crippen LogP contribution is -2.38. The molecule has 0 saturated carbocycles. The predicted octanol–water partition coefficient (Wildman–Crippen LogP) is 3.68. The number of nitrogens with zero attached hydrogens (tertiary/aromatic N) is 2. The minimum absolute atomic E-state index is 0.0110. The van der Waals surface area contributed by atoms with Gasteiger partial charge >= 0.3 is 6.03 Å². The van der Waals surface area contributed by atoms with Gasteiger partial charge in [0.2, 0.25) is 0 Å². The quantitative estimate of drug-likeness (QED) is 0.833. The van der Waals surface area contributed by atoms with Gasteiger partial charge < -0.3 is 4.90 Å². The van der Waals surface area contributed by atoms with Crippen molar-refractivity contribution in [3.63, 3.8) is 0 Å². The van der Waals surface area contributed by atoms with E-state index in [1.807, 2.05) is 75.6 Å². The number of carbonyl (C=O) groups excluding carboxylic acids is 1. The van der Waals surface area contributed by atoms with E-state index in [0.29, 0.717) is 6.54 Å². The summed E-state index contributed by atoms with van der Waals surface area (Å²) in [5.41, 5.74) is 3.16. The van der Waals surface area contributed by atoms with Crippen LogP contribution in [0.2, 0.25) is 0 Å². The average molecular weight is 268 g/mol. The molecule has 2 aromatic carbocycles. The Labute approximate surface area is 120 Å². The molecule has 3 nitrogen and oxygen atoms in total. The second-order valence-electron chi connectivity index (χ2n) is 4.97. The van der Waals surface area contributed by atoms with E-state index in [1.54, 1.807) is 9.80 Å². The van der Waals surface area contributed by atoms with Gasteiger partial charge in [-0.3, -0.25) is 4.90 Å². The van der Waals surface area contributed by atoms with Crippen LogP contribution in [-0.2, 0) is 6.54 Å². The Hall–Kier alpha value is -2.29. The maximum absolute atomic E-state index is 12.5. The normalized spacial score (nSPS) is 10.2. The van der Waals surface area contributed by atoms with Crippen LogP contribution in [0, 0.1) is 6.92 Å². The average Bonchev–Trinajstić information content (AvgIpc) is 2.47. The summed E-state index contributed by atoms with van der Waals surface area (Å²) in [5.74, 6) is 0. The molecule has 0 aliphatic heterocycles.